The van der Waals surface area contributed by atoms with Crippen LogP contribution < -0.4 is 5.32 Å². The van der Waals surface area contributed by atoms with Crippen molar-refractivity contribution in [3.8, 4) is 0 Å². The number of halogens is 2. The van der Waals surface area contributed by atoms with Gasteiger partial charge in [-0.2, -0.15) is 0 Å². The zero-order valence-corrected chi connectivity index (χ0v) is 19.4. The summed E-state index contributed by atoms with van der Waals surface area (Å²) in [5.74, 6) is -0.791. The van der Waals surface area contributed by atoms with Gasteiger partial charge < -0.3 is 15.0 Å². The van der Waals surface area contributed by atoms with Crippen LogP contribution in [0.15, 0.2) is 18.2 Å². The van der Waals surface area contributed by atoms with Crippen molar-refractivity contribution < 1.29 is 23.1 Å². The molecule has 1 amide bonds. The third kappa shape index (κ3) is 6.60. The predicted molar refractivity (Wildman–Crippen MR) is 122 cm³/mol. The van der Waals surface area contributed by atoms with Gasteiger partial charge in [0, 0.05) is 37.2 Å². The molecule has 2 aliphatic heterocycles. The molecule has 0 bridgehead atoms. The van der Waals surface area contributed by atoms with Gasteiger partial charge in [0.15, 0.2) is 5.78 Å². The minimum absolute atomic E-state index is 0.00974. The summed E-state index contributed by atoms with van der Waals surface area (Å²) in [6.07, 6.45) is 8.67. The van der Waals surface area contributed by atoms with E-state index in [1.54, 1.807) is 0 Å². The predicted octanol–water partition coefficient (Wildman–Crippen LogP) is 4.35. The first kappa shape index (κ1) is 24.3. The lowest BCUT2D eigenvalue weighted by atomic mass is 9.83. The Kier molecular flexibility index (Phi) is 8.47. The lowest BCUT2D eigenvalue weighted by molar-refractivity contribution is -0.128. The molecule has 1 N–H and O–H groups in total. The number of likely N-dealkylation sites (tertiary alicyclic amines) is 1. The smallest absolute Gasteiger partial charge is 0.223 e. The van der Waals surface area contributed by atoms with Crippen molar-refractivity contribution in [2.24, 2.45) is 17.8 Å². The molecule has 3 fully saturated rings. The van der Waals surface area contributed by atoms with Gasteiger partial charge in [0.2, 0.25) is 5.91 Å². The molecule has 4 rings (SSSR count). The Bertz CT molecular complexity index is 812. The van der Waals surface area contributed by atoms with Gasteiger partial charge in [0.25, 0.3) is 0 Å². The summed E-state index contributed by atoms with van der Waals surface area (Å²) in [5, 5.41) is 3.27. The number of hydrogen-bond donors (Lipinski definition) is 1. The number of benzene rings is 1. The summed E-state index contributed by atoms with van der Waals surface area (Å²) in [5.41, 5.74) is 0.00974. The quantitative estimate of drug-likeness (QED) is 0.612. The first-order chi connectivity index (χ1) is 16.0. The molecular weight excluding hydrogens is 426 g/mol. The number of Topliss-reactive ketones (excluding diaryl/α,β-unsaturated/α-hetero) is 1. The molecule has 0 spiro atoms. The van der Waals surface area contributed by atoms with Gasteiger partial charge in [-0.05, 0) is 95.5 Å². The molecule has 5 nitrogen and oxygen atoms in total. The lowest BCUT2D eigenvalue weighted by Crippen LogP contribution is -2.42. The third-order valence-electron chi connectivity index (χ3n) is 7.79. The minimum Gasteiger partial charge on any atom is -0.381 e. The summed E-state index contributed by atoms with van der Waals surface area (Å²) >= 11 is 0. The molecular formula is C26H36F2N2O3. The molecule has 182 valence electrons. The molecule has 2 saturated heterocycles. The Morgan fingerprint density at radius 1 is 0.939 bits per heavy atom. The maximum absolute atomic E-state index is 14.0. The minimum atomic E-state index is -0.762. The van der Waals surface area contributed by atoms with Crippen LogP contribution in [-0.2, 0) is 9.53 Å². The number of piperidine rings is 1. The lowest BCUT2D eigenvalue weighted by Gasteiger charge is -2.34. The van der Waals surface area contributed by atoms with E-state index in [0.29, 0.717) is 25.2 Å². The Morgan fingerprint density at radius 3 is 2.30 bits per heavy atom. The van der Waals surface area contributed by atoms with Gasteiger partial charge in [-0.1, -0.05) is 0 Å². The zero-order chi connectivity index (χ0) is 23.2. The van der Waals surface area contributed by atoms with Crippen LogP contribution in [0.4, 0.5) is 8.78 Å². The molecule has 7 heteroatoms. The van der Waals surface area contributed by atoms with Crippen molar-refractivity contribution in [1.82, 2.24) is 10.2 Å². The van der Waals surface area contributed by atoms with Gasteiger partial charge in [-0.3, -0.25) is 9.59 Å². The van der Waals surface area contributed by atoms with E-state index in [1.807, 2.05) is 0 Å². The van der Waals surface area contributed by atoms with Crippen LogP contribution in [0.1, 0.15) is 68.1 Å². The molecule has 1 aromatic carbocycles. The van der Waals surface area contributed by atoms with Crippen molar-refractivity contribution >= 4 is 11.7 Å². The van der Waals surface area contributed by atoms with Crippen molar-refractivity contribution in [1.29, 1.82) is 0 Å². The normalized spacial score (nSPS) is 25.6. The van der Waals surface area contributed by atoms with Gasteiger partial charge in [0.05, 0.1) is 5.56 Å². The Hall–Kier alpha value is -1.86. The standard InChI is InChI=1S/C26H36F2N2O3/c27-21-3-6-23(24(28)17-21)25(31)19-8-13-30(14-9-19)12-7-18-1-4-22(5-2-18)29-26(32)20-10-15-33-16-11-20/h3,6,17-20,22H,1-2,4-5,7-16H2,(H,29,32). The first-order valence-electron chi connectivity index (χ1n) is 12.6. The SMILES string of the molecule is O=C(NC1CCC(CCN2CCC(C(=O)c3ccc(F)cc3F)CC2)CC1)C1CCOCC1. The second kappa shape index (κ2) is 11.5. The highest BCUT2D eigenvalue weighted by Gasteiger charge is 2.29. The largest absolute Gasteiger partial charge is 0.381 e. The average molecular weight is 463 g/mol. The second-order valence-corrected chi connectivity index (χ2v) is 10.0. The number of nitrogens with one attached hydrogen (secondary N) is 1. The van der Waals surface area contributed by atoms with Crippen LogP contribution >= 0.6 is 0 Å². The number of carbonyl (C=O) groups is 2. The summed E-state index contributed by atoms with van der Waals surface area (Å²) in [4.78, 5) is 27.5. The van der Waals surface area contributed by atoms with Gasteiger partial charge in [-0.15, -0.1) is 0 Å². The highest BCUT2D eigenvalue weighted by Crippen LogP contribution is 2.29. The number of amides is 1. The second-order valence-electron chi connectivity index (χ2n) is 10.0. The van der Waals surface area contributed by atoms with E-state index < -0.39 is 11.6 Å². The fourth-order valence-electron chi connectivity index (χ4n) is 5.57. The molecule has 0 radical (unpaired) electrons. The Labute approximate surface area is 195 Å². The number of nitrogens with zero attached hydrogens (tertiary/aromatic N) is 1. The maximum Gasteiger partial charge on any atom is 0.223 e. The fraction of sp³-hybridized carbons (Fsp3) is 0.692. The Balaban J connectivity index is 1.13. The molecule has 1 aliphatic carbocycles. The highest BCUT2D eigenvalue weighted by molar-refractivity contribution is 5.98. The van der Waals surface area contributed by atoms with Crippen LogP contribution in [0.3, 0.4) is 0 Å². The number of rotatable bonds is 7. The zero-order valence-electron chi connectivity index (χ0n) is 19.4. The van der Waals surface area contributed by atoms with E-state index in [-0.39, 0.29) is 29.1 Å². The highest BCUT2D eigenvalue weighted by atomic mass is 19.1. The van der Waals surface area contributed by atoms with Crippen LogP contribution in [0.5, 0.6) is 0 Å². The molecule has 0 atom stereocenters. The van der Waals surface area contributed by atoms with Crippen molar-refractivity contribution in [3.05, 3.63) is 35.4 Å². The van der Waals surface area contributed by atoms with E-state index >= 15 is 0 Å². The topological polar surface area (TPSA) is 58.6 Å². The van der Waals surface area contributed by atoms with Crippen molar-refractivity contribution in [2.75, 3.05) is 32.8 Å². The van der Waals surface area contributed by atoms with Crippen molar-refractivity contribution in [2.45, 2.75) is 63.8 Å². The molecule has 0 aromatic heterocycles. The van der Waals surface area contributed by atoms with E-state index in [9.17, 15) is 18.4 Å². The van der Waals surface area contributed by atoms with Gasteiger partial charge >= 0.3 is 0 Å². The number of ketones is 1. The van der Waals surface area contributed by atoms with E-state index in [2.05, 4.69) is 10.2 Å². The molecule has 33 heavy (non-hydrogen) atoms. The van der Waals surface area contributed by atoms with Crippen LogP contribution in [0.25, 0.3) is 0 Å². The molecule has 0 unspecified atom stereocenters. The summed E-state index contributed by atoms with van der Waals surface area (Å²) in [6.45, 7) is 4.10. The van der Waals surface area contributed by atoms with E-state index in [0.717, 1.165) is 89.6 Å². The number of carbonyl (C=O) groups excluding carboxylic acids is 2. The number of hydrogen-bond acceptors (Lipinski definition) is 4. The first-order valence-corrected chi connectivity index (χ1v) is 12.6. The summed E-state index contributed by atoms with van der Waals surface area (Å²) < 4.78 is 32.4. The van der Waals surface area contributed by atoms with E-state index in [4.69, 9.17) is 4.74 Å². The van der Waals surface area contributed by atoms with Crippen LogP contribution in [0.2, 0.25) is 0 Å². The fourth-order valence-corrected chi connectivity index (χ4v) is 5.57. The molecule has 2 heterocycles. The summed E-state index contributed by atoms with van der Waals surface area (Å²) in [6, 6.07) is 3.51. The Morgan fingerprint density at radius 2 is 1.64 bits per heavy atom. The van der Waals surface area contributed by atoms with Crippen LogP contribution in [0, 0.1) is 29.4 Å². The monoisotopic (exact) mass is 462 g/mol. The summed E-state index contributed by atoms with van der Waals surface area (Å²) in [7, 11) is 0. The maximum atomic E-state index is 14.0. The van der Waals surface area contributed by atoms with Gasteiger partial charge in [-0.25, -0.2) is 8.78 Å². The number of ether oxygens (including phenoxy) is 1. The molecule has 1 saturated carbocycles. The van der Waals surface area contributed by atoms with Gasteiger partial charge in [0.1, 0.15) is 11.6 Å². The average Bonchev–Trinajstić information content (AvgIpc) is 2.84. The molecule has 1 aromatic rings. The van der Waals surface area contributed by atoms with E-state index in [1.165, 1.54) is 6.07 Å². The molecule has 3 aliphatic rings. The van der Waals surface area contributed by atoms with Crippen LogP contribution in [-0.4, -0.2) is 55.5 Å². The van der Waals surface area contributed by atoms with Crippen molar-refractivity contribution in [3.63, 3.8) is 0 Å². The third-order valence-corrected chi connectivity index (χ3v) is 7.79.